The van der Waals surface area contributed by atoms with Gasteiger partial charge >= 0.3 is 5.97 Å². The summed E-state index contributed by atoms with van der Waals surface area (Å²) in [6.07, 6.45) is 6.68. The van der Waals surface area contributed by atoms with E-state index < -0.39 is 5.97 Å². The second kappa shape index (κ2) is 16.1. The number of esters is 1. The predicted octanol–water partition coefficient (Wildman–Crippen LogP) is 7.07. The highest BCUT2D eigenvalue weighted by Crippen LogP contribution is 2.40. The molecule has 4 rings (SSSR count). The molecule has 0 aliphatic heterocycles. The Labute approximate surface area is 258 Å². The maximum atomic E-state index is 13.4. The largest absolute Gasteiger partial charge is 0.494 e. The molecule has 1 atom stereocenters. The lowest BCUT2D eigenvalue weighted by Gasteiger charge is -2.18. The van der Waals surface area contributed by atoms with Gasteiger partial charge in [-0.15, -0.1) is 11.3 Å². The Kier molecular flexibility index (Phi) is 12.0. The molecule has 0 fully saturated rings. The molecule has 1 aliphatic carbocycles. The quantitative estimate of drug-likeness (QED) is 0.142. The van der Waals surface area contributed by atoms with Crippen molar-refractivity contribution in [1.29, 1.82) is 0 Å². The number of unbranched alkanes of at least 4 members (excludes halogenated alkanes) is 2. The van der Waals surface area contributed by atoms with Crippen LogP contribution in [0.4, 0.5) is 5.00 Å². The first-order valence-electron chi connectivity index (χ1n) is 15.3. The minimum Gasteiger partial charge on any atom is -0.494 e. The second-order valence-corrected chi connectivity index (χ2v) is 12.0. The summed E-state index contributed by atoms with van der Waals surface area (Å²) in [5.74, 6) is 0.915. The van der Waals surface area contributed by atoms with Gasteiger partial charge in [-0.2, -0.15) is 0 Å². The molecule has 1 aromatic heterocycles. The van der Waals surface area contributed by atoms with Gasteiger partial charge in [0.1, 0.15) is 23.1 Å². The van der Waals surface area contributed by atoms with E-state index in [2.05, 4.69) is 31.4 Å². The van der Waals surface area contributed by atoms with Crippen molar-refractivity contribution < 1.29 is 28.6 Å². The van der Waals surface area contributed by atoms with Crippen LogP contribution in [-0.4, -0.2) is 44.1 Å². The molecule has 0 spiro atoms. The summed E-state index contributed by atoms with van der Waals surface area (Å²) >= 11 is 1.47. The summed E-state index contributed by atoms with van der Waals surface area (Å²) in [4.78, 5) is 40.2. The molecular weight excluding hydrogens is 564 g/mol. The Morgan fingerprint density at radius 3 is 2.05 bits per heavy atom. The normalized spacial score (nSPS) is 14.0. The topological polar surface area (TPSA) is 103 Å². The number of nitrogens with one attached hydrogen (secondary N) is 2. The van der Waals surface area contributed by atoms with Crippen molar-refractivity contribution in [3.63, 3.8) is 0 Å². The van der Waals surface area contributed by atoms with Crippen molar-refractivity contribution in [2.45, 2.75) is 65.7 Å². The summed E-state index contributed by atoms with van der Waals surface area (Å²) < 4.78 is 16.7. The monoisotopic (exact) mass is 606 g/mol. The van der Waals surface area contributed by atoms with E-state index in [0.717, 1.165) is 61.1 Å². The zero-order valence-electron chi connectivity index (χ0n) is 25.3. The van der Waals surface area contributed by atoms with Gasteiger partial charge in [0.2, 0.25) is 0 Å². The fourth-order valence-electron chi connectivity index (χ4n) is 4.79. The highest BCUT2D eigenvalue weighted by Gasteiger charge is 2.28. The van der Waals surface area contributed by atoms with E-state index in [0.29, 0.717) is 46.6 Å². The first-order valence-corrected chi connectivity index (χ1v) is 16.1. The van der Waals surface area contributed by atoms with Crippen LogP contribution < -0.4 is 20.1 Å². The number of thiophene rings is 1. The van der Waals surface area contributed by atoms with Gasteiger partial charge in [-0.25, -0.2) is 4.79 Å². The van der Waals surface area contributed by atoms with Crippen LogP contribution in [0.15, 0.2) is 48.5 Å². The molecule has 1 aliphatic rings. The van der Waals surface area contributed by atoms with Crippen LogP contribution in [0.5, 0.6) is 11.5 Å². The van der Waals surface area contributed by atoms with Gasteiger partial charge in [-0.3, -0.25) is 9.59 Å². The highest BCUT2D eigenvalue weighted by atomic mass is 32.1. The number of rotatable bonds is 15. The van der Waals surface area contributed by atoms with Gasteiger partial charge in [0.05, 0.1) is 30.9 Å². The Morgan fingerprint density at radius 2 is 1.44 bits per heavy atom. The van der Waals surface area contributed by atoms with Gasteiger partial charge in [0, 0.05) is 10.4 Å². The Hall–Kier alpha value is -3.85. The average Bonchev–Trinajstić information content (AvgIpc) is 3.36. The van der Waals surface area contributed by atoms with Crippen LogP contribution in [-0.2, 0) is 17.6 Å². The second-order valence-electron chi connectivity index (χ2n) is 10.9. The number of anilines is 1. The van der Waals surface area contributed by atoms with E-state index in [9.17, 15) is 14.4 Å². The summed E-state index contributed by atoms with van der Waals surface area (Å²) in [5, 5.41) is 6.41. The molecule has 0 radical (unpaired) electrons. The molecule has 2 aromatic carbocycles. The summed E-state index contributed by atoms with van der Waals surface area (Å²) in [6, 6.07) is 13.9. The third-order valence-electron chi connectivity index (χ3n) is 7.33. The van der Waals surface area contributed by atoms with E-state index in [1.807, 2.05) is 0 Å². The maximum absolute atomic E-state index is 13.4. The highest BCUT2D eigenvalue weighted by molar-refractivity contribution is 7.17. The lowest BCUT2D eigenvalue weighted by molar-refractivity contribution is 0.0503. The Balaban J connectivity index is 1.35. The number of hydrogen-bond acceptors (Lipinski definition) is 7. The van der Waals surface area contributed by atoms with Crippen LogP contribution in [0, 0.1) is 5.92 Å². The number of amides is 2. The number of fused-ring (bicyclic) bond motifs is 1. The van der Waals surface area contributed by atoms with Gasteiger partial charge in [-0.05, 0) is 92.1 Å². The molecule has 0 saturated carbocycles. The average molecular weight is 607 g/mol. The molecule has 230 valence electrons. The van der Waals surface area contributed by atoms with Crippen LogP contribution in [0.1, 0.15) is 94.4 Å². The molecule has 0 saturated heterocycles. The van der Waals surface area contributed by atoms with E-state index in [4.69, 9.17) is 14.2 Å². The minimum absolute atomic E-state index is 0.0249. The molecule has 0 bridgehead atoms. The van der Waals surface area contributed by atoms with Gasteiger partial charge < -0.3 is 24.8 Å². The number of carbonyl (C=O) groups is 3. The number of ether oxygens (including phenoxy) is 3. The molecule has 2 amide bonds. The summed E-state index contributed by atoms with van der Waals surface area (Å²) in [6.45, 7) is 7.86. The molecule has 1 heterocycles. The number of carbonyl (C=O) groups excluding carboxylic acids is 3. The van der Waals surface area contributed by atoms with Crippen molar-refractivity contribution in [3.8, 4) is 11.5 Å². The summed E-state index contributed by atoms with van der Waals surface area (Å²) in [7, 11) is 0. The fourth-order valence-corrected chi connectivity index (χ4v) is 6.20. The SMILES string of the molecule is CCCCOc1ccc(C(=O)Nc2sc3c(c2C(=O)NCCOC(=O)c2ccc(OCCCC)cc2)CCC(C)C3)cc1. The number of benzene rings is 2. The Morgan fingerprint density at radius 1 is 0.837 bits per heavy atom. The van der Waals surface area contributed by atoms with Crippen LogP contribution >= 0.6 is 11.3 Å². The van der Waals surface area contributed by atoms with Gasteiger partial charge in [0.15, 0.2) is 0 Å². The Bertz CT molecular complexity index is 1370. The van der Waals surface area contributed by atoms with Crippen molar-refractivity contribution in [2.75, 3.05) is 31.7 Å². The fraction of sp³-hybridized carbons (Fsp3) is 0.441. The van der Waals surface area contributed by atoms with Crippen LogP contribution in [0.3, 0.4) is 0 Å². The molecule has 3 aromatic rings. The van der Waals surface area contributed by atoms with Crippen LogP contribution in [0.2, 0.25) is 0 Å². The van der Waals surface area contributed by atoms with Crippen molar-refractivity contribution in [1.82, 2.24) is 5.32 Å². The maximum Gasteiger partial charge on any atom is 0.338 e. The number of hydrogen-bond donors (Lipinski definition) is 2. The van der Waals surface area contributed by atoms with E-state index in [-0.39, 0.29) is 25.0 Å². The molecular formula is C34H42N2O6S. The third kappa shape index (κ3) is 9.07. The zero-order valence-corrected chi connectivity index (χ0v) is 26.1. The van der Waals surface area contributed by atoms with Gasteiger partial charge in [-0.1, -0.05) is 33.6 Å². The van der Waals surface area contributed by atoms with Crippen LogP contribution in [0.25, 0.3) is 0 Å². The van der Waals surface area contributed by atoms with E-state index >= 15 is 0 Å². The standard InChI is InChI=1S/C34H42N2O6S/c1-4-6-19-40-26-13-9-24(10-14-26)31(37)36-33-30(28-17-8-23(3)22-29(28)43-33)32(38)35-18-21-42-34(39)25-11-15-27(16-12-25)41-20-7-5-2/h9-16,23H,4-8,17-22H2,1-3H3,(H,35,38)(H,36,37). The van der Waals surface area contributed by atoms with Gasteiger partial charge in [0.25, 0.3) is 11.8 Å². The van der Waals surface area contributed by atoms with E-state index in [1.165, 1.54) is 11.3 Å². The van der Waals surface area contributed by atoms with Crippen molar-refractivity contribution in [2.24, 2.45) is 5.92 Å². The molecule has 2 N–H and O–H groups in total. The third-order valence-corrected chi connectivity index (χ3v) is 8.50. The first-order chi connectivity index (χ1) is 20.9. The molecule has 43 heavy (non-hydrogen) atoms. The molecule has 1 unspecified atom stereocenters. The van der Waals surface area contributed by atoms with E-state index in [1.54, 1.807) is 48.5 Å². The lowest BCUT2D eigenvalue weighted by atomic mass is 9.88. The smallest absolute Gasteiger partial charge is 0.338 e. The van der Waals surface area contributed by atoms with Crippen molar-refractivity contribution >= 4 is 34.1 Å². The summed E-state index contributed by atoms with van der Waals surface area (Å²) in [5.41, 5.74) is 2.40. The molecule has 9 heteroatoms. The zero-order chi connectivity index (χ0) is 30.6. The van der Waals surface area contributed by atoms with Crippen molar-refractivity contribution in [3.05, 3.63) is 75.7 Å². The predicted molar refractivity (Wildman–Crippen MR) is 170 cm³/mol. The minimum atomic E-state index is -0.467. The lowest BCUT2D eigenvalue weighted by Crippen LogP contribution is -2.29. The first kappa shape index (κ1) is 32.1. The molecule has 8 nitrogen and oxygen atoms in total.